The molecule has 1 aliphatic heterocycles. The number of ether oxygens (including phenoxy) is 1. The zero-order chi connectivity index (χ0) is 14.5. The third-order valence-corrected chi connectivity index (χ3v) is 4.15. The van der Waals surface area contributed by atoms with Crippen molar-refractivity contribution in [2.45, 2.75) is 31.9 Å². The van der Waals surface area contributed by atoms with Gasteiger partial charge in [-0.15, -0.1) is 0 Å². The van der Waals surface area contributed by atoms with E-state index < -0.39 is 5.82 Å². The van der Waals surface area contributed by atoms with E-state index in [4.69, 9.17) is 22.1 Å². The summed E-state index contributed by atoms with van der Waals surface area (Å²) in [5.41, 5.74) is 6.88. The van der Waals surface area contributed by atoms with E-state index in [0.29, 0.717) is 6.54 Å². The molecule has 2 N–H and O–H groups in total. The third kappa shape index (κ3) is 3.70. The maximum atomic E-state index is 13.3. The van der Waals surface area contributed by atoms with Crippen molar-refractivity contribution in [2.24, 2.45) is 5.73 Å². The summed E-state index contributed by atoms with van der Waals surface area (Å²) in [5.74, 6) is -0.395. The zero-order valence-corrected chi connectivity index (χ0v) is 12.6. The Morgan fingerprint density at radius 2 is 2.35 bits per heavy atom. The Kier molecular flexibility index (Phi) is 5.78. The first-order chi connectivity index (χ1) is 9.65. The molecule has 2 rings (SSSR count). The molecule has 0 saturated carbocycles. The average molecular weight is 301 g/mol. The molecule has 112 valence electrons. The number of hydrogen-bond acceptors (Lipinski definition) is 3. The predicted molar refractivity (Wildman–Crippen MR) is 79.4 cm³/mol. The molecule has 0 bridgehead atoms. The molecule has 3 nitrogen and oxygen atoms in total. The summed E-state index contributed by atoms with van der Waals surface area (Å²) in [6, 6.07) is 4.88. The van der Waals surface area contributed by atoms with Gasteiger partial charge in [0, 0.05) is 25.7 Å². The lowest BCUT2D eigenvalue weighted by atomic mass is 10.0. The summed E-state index contributed by atoms with van der Waals surface area (Å²) in [4.78, 5) is 2.28. The summed E-state index contributed by atoms with van der Waals surface area (Å²) in [6.07, 6.45) is 2.50. The van der Waals surface area contributed by atoms with E-state index in [-0.39, 0.29) is 17.2 Å². The third-order valence-electron chi connectivity index (χ3n) is 3.86. The summed E-state index contributed by atoms with van der Waals surface area (Å²) >= 11 is 5.87. The van der Waals surface area contributed by atoms with Gasteiger partial charge in [0.1, 0.15) is 5.82 Å². The van der Waals surface area contributed by atoms with E-state index in [1.807, 2.05) is 0 Å². The van der Waals surface area contributed by atoms with Gasteiger partial charge in [0.15, 0.2) is 0 Å². The molecule has 1 aromatic carbocycles. The highest BCUT2D eigenvalue weighted by atomic mass is 35.5. The van der Waals surface area contributed by atoms with Crippen molar-refractivity contribution >= 4 is 11.6 Å². The quantitative estimate of drug-likeness (QED) is 0.878. The molecule has 2 atom stereocenters. The van der Waals surface area contributed by atoms with E-state index in [1.165, 1.54) is 6.07 Å². The van der Waals surface area contributed by atoms with Crippen molar-refractivity contribution in [3.8, 4) is 0 Å². The molecular formula is C15H22ClFN2O. The fourth-order valence-corrected chi connectivity index (χ4v) is 2.93. The maximum Gasteiger partial charge on any atom is 0.141 e. The van der Waals surface area contributed by atoms with Crippen LogP contribution < -0.4 is 5.73 Å². The van der Waals surface area contributed by atoms with E-state index in [2.05, 4.69) is 11.8 Å². The molecule has 0 amide bonds. The monoisotopic (exact) mass is 300 g/mol. The van der Waals surface area contributed by atoms with Gasteiger partial charge >= 0.3 is 0 Å². The van der Waals surface area contributed by atoms with Crippen LogP contribution in [0, 0.1) is 5.82 Å². The van der Waals surface area contributed by atoms with Crippen LogP contribution in [0.25, 0.3) is 0 Å². The van der Waals surface area contributed by atoms with Gasteiger partial charge in [-0.05, 0) is 37.1 Å². The maximum absolute atomic E-state index is 13.3. The number of halogens is 2. The Morgan fingerprint density at radius 3 is 2.90 bits per heavy atom. The average Bonchev–Trinajstić information content (AvgIpc) is 2.95. The van der Waals surface area contributed by atoms with Gasteiger partial charge in [0.2, 0.25) is 0 Å². The molecule has 1 aromatic rings. The summed E-state index contributed by atoms with van der Waals surface area (Å²) in [5, 5.41) is 0.147. The van der Waals surface area contributed by atoms with Crippen LogP contribution in [0.5, 0.6) is 0 Å². The lowest BCUT2D eigenvalue weighted by Gasteiger charge is -2.32. The van der Waals surface area contributed by atoms with Gasteiger partial charge in [-0.1, -0.05) is 24.6 Å². The Balaban J connectivity index is 2.12. The highest BCUT2D eigenvalue weighted by molar-refractivity contribution is 6.30. The van der Waals surface area contributed by atoms with E-state index in [0.717, 1.165) is 38.1 Å². The predicted octanol–water partition coefficient (Wildman–Crippen LogP) is 2.98. The van der Waals surface area contributed by atoms with E-state index in [1.54, 1.807) is 12.1 Å². The normalized spacial score (nSPS) is 20.6. The van der Waals surface area contributed by atoms with Crippen LogP contribution in [-0.2, 0) is 4.74 Å². The number of benzene rings is 1. The second-order valence-electron chi connectivity index (χ2n) is 5.15. The Bertz CT molecular complexity index is 438. The SMILES string of the molecule is CCN(CC1CCCO1)C(CN)c1ccc(F)c(Cl)c1. The van der Waals surface area contributed by atoms with Crippen molar-refractivity contribution in [3.63, 3.8) is 0 Å². The van der Waals surface area contributed by atoms with Gasteiger partial charge in [-0.2, -0.15) is 0 Å². The van der Waals surface area contributed by atoms with Crippen molar-refractivity contribution in [2.75, 3.05) is 26.2 Å². The van der Waals surface area contributed by atoms with Crippen LogP contribution in [0.1, 0.15) is 31.4 Å². The second-order valence-corrected chi connectivity index (χ2v) is 5.55. The largest absolute Gasteiger partial charge is 0.377 e. The molecule has 5 heteroatoms. The number of likely N-dealkylation sites (N-methyl/N-ethyl adjacent to an activating group) is 1. The van der Waals surface area contributed by atoms with Gasteiger partial charge < -0.3 is 10.5 Å². The molecule has 0 aromatic heterocycles. The summed E-state index contributed by atoms with van der Waals surface area (Å²) in [6.45, 7) is 5.15. The van der Waals surface area contributed by atoms with Crippen LogP contribution in [0.15, 0.2) is 18.2 Å². The fraction of sp³-hybridized carbons (Fsp3) is 0.600. The van der Waals surface area contributed by atoms with Gasteiger partial charge in [0.05, 0.1) is 11.1 Å². The highest BCUT2D eigenvalue weighted by Gasteiger charge is 2.24. The lowest BCUT2D eigenvalue weighted by molar-refractivity contribution is 0.0601. The number of rotatable bonds is 6. The zero-order valence-electron chi connectivity index (χ0n) is 11.8. The molecule has 20 heavy (non-hydrogen) atoms. The summed E-state index contributed by atoms with van der Waals surface area (Å²) in [7, 11) is 0. The Hall–Kier alpha value is -0.680. The Morgan fingerprint density at radius 1 is 1.55 bits per heavy atom. The van der Waals surface area contributed by atoms with Crippen LogP contribution in [0.3, 0.4) is 0 Å². The minimum Gasteiger partial charge on any atom is -0.377 e. The first-order valence-electron chi connectivity index (χ1n) is 7.16. The molecule has 1 saturated heterocycles. The standard InChI is InChI=1S/C15H22ClFN2O/c1-2-19(10-12-4-3-7-20-12)15(9-18)11-5-6-14(17)13(16)8-11/h5-6,8,12,15H,2-4,7,9-10,18H2,1H3. The Labute approximate surface area is 124 Å². The summed E-state index contributed by atoms with van der Waals surface area (Å²) < 4.78 is 19.0. The van der Waals surface area contributed by atoms with Crippen LogP contribution >= 0.6 is 11.6 Å². The van der Waals surface area contributed by atoms with Crippen LogP contribution in [-0.4, -0.2) is 37.2 Å². The number of hydrogen-bond donors (Lipinski definition) is 1. The smallest absolute Gasteiger partial charge is 0.141 e. The fourth-order valence-electron chi connectivity index (χ4n) is 2.74. The molecule has 1 aliphatic rings. The minimum absolute atomic E-state index is 0.0438. The van der Waals surface area contributed by atoms with Crippen LogP contribution in [0.4, 0.5) is 4.39 Å². The molecule has 1 fully saturated rings. The molecule has 0 aliphatic carbocycles. The molecule has 1 heterocycles. The number of nitrogens with zero attached hydrogens (tertiary/aromatic N) is 1. The first-order valence-corrected chi connectivity index (χ1v) is 7.54. The first kappa shape index (κ1) is 15.7. The van der Waals surface area contributed by atoms with Crippen molar-refractivity contribution in [3.05, 3.63) is 34.6 Å². The topological polar surface area (TPSA) is 38.5 Å². The van der Waals surface area contributed by atoms with Crippen LogP contribution in [0.2, 0.25) is 5.02 Å². The van der Waals surface area contributed by atoms with Crippen molar-refractivity contribution in [1.82, 2.24) is 4.90 Å². The molecule has 0 radical (unpaired) electrons. The van der Waals surface area contributed by atoms with Crippen molar-refractivity contribution < 1.29 is 9.13 Å². The van der Waals surface area contributed by atoms with Crippen molar-refractivity contribution in [1.29, 1.82) is 0 Å². The van der Waals surface area contributed by atoms with E-state index in [9.17, 15) is 4.39 Å². The molecule has 0 spiro atoms. The second kappa shape index (κ2) is 7.36. The lowest BCUT2D eigenvalue weighted by Crippen LogP contribution is -2.38. The number of nitrogens with two attached hydrogens (primary N) is 1. The molecular weight excluding hydrogens is 279 g/mol. The van der Waals surface area contributed by atoms with Gasteiger partial charge in [-0.3, -0.25) is 4.90 Å². The van der Waals surface area contributed by atoms with E-state index >= 15 is 0 Å². The van der Waals surface area contributed by atoms with Gasteiger partial charge in [-0.25, -0.2) is 4.39 Å². The molecule has 2 unspecified atom stereocenters. The minimum atomic E-state index is -0.395. The van der Waals surface area contributed by atoms with Gasteiger partial charge in [0.25, 0.3) is 0 Å². The highest BCUT2D eigenvalue weighted by Crippen LogP contribution is 2.26.